The zero-order valence-electron chi connectivity index (χ0n) is 14.4. The first-order valence-electron chi connectivity index (χ1n) is 8.41. The van der Waals surface area contributed by atoms with Gasteiger partial charge in [-0.05, 0) is 6.92 Å². The highest BCUT2D eigenvalue weighted by Crippen LogP contribution is 2.25. The largest absolute Gasteiger partial charge is 0.366 e. The van der Waals surface area contributed by atoms with Crippen molar-refractivity contribution in [3.63, 3.8) is 0 Å². The number of nitrogens with zero attached hydrogens (tertiary/aromatic N) is 5. The maximum Gasteiger partial charge on any atom is 0.257 e. The molecule has 3 heterocycles. The van der Waals surface area contributed by atoms with Crippen molar-refractivity contribution in [3.8, 4) is 11.4 Å². The number of aryl methyl sites for hydroxylation is 2. The molecular formula is C18H21N5O2. The molecule has 2 aromatic heterocycles. The van der Waals surface area contributed by atoms with E-state index in [9.17, 15) is 0 Å². The molecule has 4 rings (SSSR count). The second-order valence-electron chi connectivity index (χ2n) is 6.33. The molecule has 25 heavy (non-hydrogen) atoms. The first-order chi connectivity index (χ1) is 12.2. The molecule has 1 fully saturated rings. The molecular weight excluding hydrogens is 318 g/mol. The standard InChI is InChI=1S/C18H21N5O2/c1-13-15(10-22(2)20-13)11-23-8-9-24-16(12-23)18-19-17(21-25-18)14-6-4-3-5-7-14/h3-7,10,16H,8-9,11-12H2,1-2H3/t16-/m0/s1. The second kappa shape index (κ2) is 6.78. The molecule has 130 valence electrons. The van der Waals surface area contributed by atoms with E-state index in [1.54, 1.807) is 0 Å². The van der Waals surface area contributed by atoms with Gasteiger partial charge in [-0.2, -0.15) is 10.1 Å². The van der Waals surface area contributed by atoms with Crippen molar-refractivity contribution >= 4 is 0 Å². The van der Waals surface area contributed by atoms with Gasteiger partial charge in [-0.3, -0.25) is 9.58 Å². The summed E-state index contributed by atoms with van der Waals surface area (Å²) in [5.41, 5.74) is 3.24. The minimum Gasteiger partial charge on any atom is -0.366 e. The molecule has 0 amide bonds. The zero-order valence-corrected chi connectivity index (χ0v) is 14.4. The lowest BCUT2D eigenvalue weighted by Gasteiger charge is -2.30. The predicted molar refractivity (Wildman–Crippen MR) is 91.6 cm³/mol. The van der Waals surface area contributed by atoms with Gasteiger partial charge in [-0.25, -0.2) is 0 Å². The van der Waals surface area contributed by atoms with Gasteiger partial charge in [0.25, 0.3) is 5.89 Å². The van der Waals surface area contributed by atoms with Crippen LogP contribution in [0.15, 0.2) is 41.1 Å². The van der Waals surface area contributed by atoms with Crippen molar-refractivity contribution in [3.05, 3.63) is 53.7 Å². The summed E-state index contributed by atoms with van der Waals surface area (Å²) >= 11 is 0. The molecule has 0 unspecified atom stereocenters. The summed E-state index contributed by atoms with van der Waals surface area (Å²) in [4.78, 5) is 6.86. The minimum atomic E-state index is -0.198. The second-order valence-corrected chi connectivity index (χ2v) is 6.33. The van der Waals surface area contributed by atoms with E-state index in [2.05, 4.69) is 26.3 Å². The van der Waals surface area contributed by atoms with E-state index in [0.29, 0.717) is 18.3 Å². The lowest BCUT2D eigenvalue weighted by molar-refractivity contribution is -0.0475. The van der Waals surface area contributed by atoms with Crippen LogP contribution in [0.4, 0.5) is 0 Å². The van der Waals surface area contributed by atoms with E-state index in [1.165, 1.54) is 5.56 Å². The van der Waals surface area contributed by atoms with Crippen LogP contribution in [0.5, 0.6) is 0 Å². The topological polar surface area (TPSA) is 69.2 Å². The Morgan fingerprint density at radius 3 is 2.84 bits per heavy atom. The molecule has 7 nitrogen and oxygen atoms in total. The summed E-state index contributed by atoms with van der Waals surface area (Å²) in [6.07, 6.45) is 1.87. The van der Waals surface area contributed by atoms with Crippen molar-refractivity contribution in [1.82, 2.24) is 24.8 Å². The fourth-order valence-corrected chi connectivity index (χ4v) is 3.11. The smallest absolute Gasteiger partial charge is 0.257 e. The summed E-state index contributed by atoms with van der Waals surface area (Å²) in [5.74, 6) is 1.13. The van der Waals surface area contributed by atoms with Crippen molar-refractivity contribution in [2.75, 3.05) is 19.7 Å². The quantitative estimate of drug-likeness (QED) is 0.727. The molecule has 1 aromatic carbocycles. The van der Waals surface area contributed by atoms with Crippen LogP contribution in [-0.2, 0) is 18.3 Å². The first-order valence-corrected chi connectivity index (χ1v) is 8.41. The molecule has 0 radical (unpaired) electrons. The molecule has 1 saturated heterocycles. The van der Waals surface area contributed by atoms with Crippen molar-refractivity contribution in [2.24, 2.45) is 7.05 Å². The van der Waals surface area contributed by atoms with Gasteiger partial charge >= 0.3 is 0 Å². The van der Waals surface area contributed by atoms with E-state index in [1.807, 2.05) is 49.0 Å². The summed E-state index contributed by atoms with van der Waals surface area (Å²) in [7, 11) is 1.95. The minimum absolute atomic E-state index is 0.198. The lowest BCUT2D eigenvalue weighted by atomic mass is 10.2. The third kappa shape index (κ3) is 3.47. The molecule has 0 spiro atoms. The van der Waals surface area contributed by atoms with Gasteiger partial charge < -0.3 is 9.26 Å². The highest BCUT2D eigenvalue weighted by molar-refractivity contribution is 5.53. The van der Waals surface area contributed by atoms with Crippen LogP contribution < -0.4 is 0 Å². The molecule has 0 bridgehead atoms. The Morgan fingerprint density at radius 1 is 1.24 bits per heavy atom. The number of rotatable bonds is 4. The summed E-state index contributed by atoms with van der Waals surface area (Å²) < 4.78 is 13.2. The third-order valence-electron chi connectivity index (χ3n) is 4.41. The molecule has 1 aliphatic heterocycles. The van der Waals surface area contributed by atoms with Crippen LogP contribution in [0, 0.1) is 6.92 Å². The Morgan fingerprint density at radius 2 is 2.08 bits per heavy atom. The Balaban J connectivity index is 1.46. The summed E-state index contributed by atoms with van der Waals surface area (Å²) in [6.45, 7) is 5.14. The van der Waals surface area contributed by atoms with Crippen LogP contribution >= 0.6 is 0 Å². The van der Waals surface area contributed by atoms with Gasteiger partial charge in [0.2, 0.25) is 5.82 Å². The first kappa shape index (κ1) is 16.0. The van der Waals surface area contributed by atoms with E-state index in [4.69, 9.17) is 9.26 Å². The monoisotopic (exact) mass is 339 g/mol. The molecule has 3 aromatic rings. The number of hydrogen-bond acceptors (Lipinski definition) is 6. The van der Waals surface area contributed by atoms with Gasteiger partial charge in [-0.15, -0.1) is 0 Å². The Kier molecular flexibility index (Phi) is 4.33. The van der Waals surface area contributed by atoms with Crippen LogP contribution in [0.1, 0.15) is 23.3 Å². The number of aromatic nitrogens is 4. The Labute approximate surface area is 146 Å². The lowest BCUT2D eigenvalue weighted by Crippen LogP contribution is -2.38. The third-order valence-corrected chi connectivity index (χ3v) is 4.41. The molecule has 1 atom stereocenters. The average molecular weight is 339 g/mol. The van der Waals surface area contributed by atoms with Crippen LogP contribution in [0.3, 0.4) is 0 Å². The average Bonchev–Trinajstić information content (AvgIpc) is 3.23. The number of ether oxygens (including phenoxy) is 1. The fourth-order valence-electron chi connectivity index (χ4n) is 3.11. The maximum atomic E-state index is 5.86. The normalized spacial score (nSPS) is 18.6. The van der Waals surface area contributed by atoms with Crippen molar-refractivity contribution in [1.29, 1.82) is 0 Å². The van der Waals surface area contributed by atoms with E-state index >= 15 is 0 Å². The van der Waals surface area contributed by atoms with Crippen molar-refractivity contribution < 1.29 is 9.26 Å². The maximum absolute atomic E-state index is 5.86. The van der Waals surface area contributed by atoms with Gasteiger partial charge in [0.1, 0.15) is 6.10 Å². The van der Waals surface area contributed by atoms with E-state index in [-0.39, 0.29) is 6.10 Å². The van der Waals surface area contributed by atoms with Gasteiger partial charge in [0.05, 0.1) is 12.3 Å². The molecule has 0 N–H and O–H groups in total. The van der Waals surface area contributed by atoms with E-state index in [0.717, 1.165) is 30.9 Å². The van der Waals surface area contributed by atoms with Crippen LogP contribution in [-0.4, -0.2) is 44.5 Å². The fraction of sp³-hybridized carbons (Fsp3) is 0.389. The zero-order chi connectivity index (χ0) is 17.2. The predicted octanol–water partition coefficient (Wildman–Crippen LogP) is 2.35. The van der Waals surface area contributed by atoms with Crippen LogP contribution in [0.25, 0.3) is 11.4 Å². The number of morpholine rings is 1. The van der Waals surface area contributed by atoms with Gasteiger partial charge in [0, 0.05) is 44.0 Å². The number of hydrogen-bond donors (Lipinski definition) is 0. The molecule has 0 aliphatic carbocycles. The van der Waals surface area contributed by atoms with E-state index < -0.39 is 0 Å². The summed E-state index contributed by atoms with van der Waals surface area (Å²) in [6, 6.07) is 9.82. The molecule has 1 aliphatic rings. The molecule has 0 saturated carbocycles. The Bertz CT molecular complexity index is 842. The Hall–Kier alpha value is -2.51. The van der Waals surface area contributed by atoms with Gasteiger partial charge in [-0.1, -0.05) is 35.5 Å². The highest BCUT2D eigenvalue weighted by atomic mass is 16.5. The van der Waals surface area contributed by atoms with Crippen molar-refractivity contribution in [2.45, 2.75) is 19.6 Å². The molecule has 7 heteroatoms. The SMILES string of the molecule is Cc1nn(C)cc1CN1CCO[C@H](c2nc(-c3ccccc3)no2)C1. The number of benzene rings is 1. The summed E-state index contributed by atoms with van der Waals surface area (Å²) in [5, 5.41) is 8.50. The van der Waals surface area contributed by atoms with Crippen LogP contribution in [0.2, 0.25) is 0 Å². The van der Waals surface area contributed by atoms with Gasteiger partial charge in [0.15, 0.2) is 0 Å². The highest BCUT2D eigenvalue weighted by Gasteiger charge is 2.27.